The fraction of sp³-hybridized carbons (Fsp3) is 0.479. The van der Waals surface area contributed by atoms with E-state index in [0.29, 0.717) is 11.5 Å². The molecule has 1 aromatic heterocycles. The second-order valence-corrected chi connectivity index (χ2v) is 18.8. The normalized spacial score (nSPS) is 18.6. The lowest BCUT2D eigenvalue weighted by Gasteiger charge is -2.39. The van der Waals surface area contributed by atoms with Gasteiger partial charge in [0.1, 0.15) is 55.0 Å². The van der Waals surface area contributed by atoms with Gasteiger partial charge >= 0.3 is 25.5 Å². The standard InChI is InChI=1S/C48H61N4O14P/c1-32(2)52(33(3)4)67(57,28-12-25-49)66-44-42(30-63-48(36-13-10-9-11-14-36,37-15-19-39(58-7)20-16-37)38-17-21-40(59-8)22-18-38)65-46(51-26-23-43(55)50-47(51)56)45(44)62-31-60-27-24-41(64-35(6)54)29-61-34(5)53/h9-11,13-23,26,32-33,41-42,44-46,57H,12,24,27-31H2,1-8H3/p+1/t41?,42-,44-,45-,46-,67?/m1/s1. The number of hydrogen-bond acceptors (Lipinski definition) is 16. The van der Waals surface area contributed by atoms with Gasteiger partial charge in [0, 0.05) is 44.6 Å². The Morgan fingerprint density at radius 1 is 0.881 bits per heavy atom. The van der Waals surface area contributed by atoms with Crippen LogP contribution in [0.2, 0.25) is 0 Å². The Hall–Kier alpha value is -5.48. The van der Waals surface area contributed by atoms with Crippen LogP contribution < -0.4 is 20.7 Å². The number of aromatic amines is 1. The van der Waals surface area contributed by atoms with Crippen molar-refractivity contribution < 1.29 is 56.9 Å². The zero-order valence-corrected chi connectivity index (χ0v) is 40.1. The maximum atomic E-state index is 13.6. The maximum Gasteiger partial charge on any atom is 0.347 e. The SMILES string of the molecule is COc1ccc(C(OC[C@H]2O[C@@H](n3ccc(=O)[nH]c3=O)[C@H](OCOCCC(COC(C)=O)OC(C)=O)[C@@H]2O[P+](O)(CCC#N)N(C(C)C)C(C)C)(c2ccccc2)c2ccc(OC)cc2)cc1. The molecule has 67 heavy (non-hydrogen) atoms. The molecule has 0 aliphatic carbocycles. The average molecular weight is 950 g/mol. The van der Waals surface area contributed by atoms with Gasteiger partial charge in [0.25, 0.3) is 5.56 Å². The number of benzene rings is 3. The van der Waals surface area contributed by atoms with E-state index in [1.54, 1.807) is 14.2 Å². The number of carbonyl (C=O) groups excluding carboxylic acids is 2. The summed E-state index contributed by atoms with van der Waals surface area (Å²) in [7, 11) is -0.563. The molecule has 4 aromatic rings. The van der Waals surface area contributed by atoms with Crippen LogP contribution in [0.1, 0.15) is 77.3 Å². The van der Waals surface area contributed by atoms with Gasteiger partial charge in [-0.2, -0.15) is 9.79 Å². The molecule has 2 heterocycles. The number of rotatable bonds is 25. The molecular weight excluding hydrogens is 888 g/mol. The largest absolute Gasteiger partial charge is 0.497 e. The van der Waals surface area contributed by atoms with Crippen LogP contribution in [0.5, 0.6) is 11.5 Å². The Morgan fingerprint density at radius 3 is 2.00 bits per heavy atom. The maximum absolute atomic E-state index is 13.6. The second kappa shape index (κ2) is 24.5. The highest BCUT2D eigenvalue weighted by atomic mass is 31.2. The summed E-state index contributed by atoms with van der Waals surface area (Å²) < 4.78 is 57.9. The van der Waals surface area contributed by atoms with E-state index in [1.165, 1.54) is 26.1 Å². The third-order valence-corrected chi connectivity index (χ3v) is 14.0. The molecular formula is C48H62N4O14P+. The molecule has 1 fully saturated rings. The van der Waals surface area contributed by atoms with Crippen LogP contribution in [0, 0.1) is 11.3 Å². The molecule has 5 rings (SSSR count). The third-order valence-electron chi connectivity index (χ3n) is 11.0. The lowest BCUT2D eigenvalue weighted by Crippen LogP contribution is -2.46. The van der Waals surface area contributed by atoms with E-state index in [2.05, 4.69) is 11.1 Å². The monoisotopic (exact) mass is 949 g/mol. The number of methoxy groups -OCH3 is 2. The fourth-order valence-electron chi connectivity index (χ4n) is 8.23. The van der Waals surface area contributed by atoms with Crippen LogP contribution in [0.25, 0.3) is 0 Å². The van der Waals surface area contributed by atoms with Gasteiger partial charge in [-0.15, -0.1) is 4.67 Å². The first-order chi connectivity index (χ1) is 32.1. The van der Waals surface area contributed by atoms with Gasteiger partial charge in [0.2, 0.25) is 0 Å². The summed E-state index contributed by atoms with van der Waals surface area (Å²) in [5, 5.41) is 9.84. The van der Waals surface area contributed by atoms with Crippen molar-refractivity contribution >= 4 is 19.8 Å². The molecule has 362 valence electrons. The molecule has 1 saturated heterocycles. The van der Waals surface area contributed by atoms with E-state index in [-0.39, 0.29) is 50.9 Å². The Morgan fingerprint density at radius 2 is 1.48 bits per heavy atom. The third kappa shape index (κ3) is 13.4. The molecule has 18 nitrogen and oxygen atoms in total. The van der Waals surface area contributed by atoms with Gasteiger partial charge in [-0.25, -0.2) is 9.69 Å². The summed E-state index contributed by atoms with van der Waals surface area (Å²) in [5.74, 6) is 0.126. The van der Waals surface area contributed by atoms with Crippen LogP contribution in [0.4, 0.5) is 0 Å². The van der Waals surface area contributed by atoms with E-state index in [9.17, 15) is 29.3 Å². The van der Waals surface area contributed by atoms with Crippen molar-refractivity contribution in [2.45, 2.75) is 103 Å². The first-order valence-corrected chi connectivity index (χ1v) is 23.8. The van der Waals surface area contributed by atoms with Crippen LogP contribution in [-0.2, 0) is 48.1 Å². The number of carbonyl (C=O) groups is 2. The van der Waals surface area contributed by atoms with Gasteiger partial charge in [-0.1, -0.05) is 54.6 Å². The summed E-state index contributed by atoms with van der Waals surface area (Å²) >= 11 is 0. The molecule has 0 radical (unpaired) electrons. The molecule has 1 aliphatic heterocycles. The number of nitrogens with zero attached hydrogens (tertiary/aromatic N) is 3. The van der Waals surface area contributed by atoms with Crippen LogP contribution >= 0.6 is 7.87 Å². The first kappa shape index (κ1) is 52.5. The number of esters is 2. The van der Waals surface area contributed by atoms with E-state index in [1.807, 2.05) is 111 Å². The zero-order chi connectivity index (χ0) is 48.7. The highest BCUT2D eigenvalue weighted by Crippen LogP contribution is 2.64. The summed E-state index contributed by atoms with van der Waals surface area (Å²) in [5.41, 5.74) is -0.591. The Balaban J connectivity index is 1.64. The average Bonchev–Trinajstić information content (AvgIpc) is 3.62. The molecule has 0 spiro atoms. The molecule has 1 aliphatic rings. The van der Waals surface area contributed by atoms with Crippen molar-refractivity contribution in [2.75, 3.05) is 47.0 Å². The fourth-order valence-corrected chi connectivity index (χ4v) is 11.2. The molecule has 2 unspecified atom stereocenters. The number of nitriles is 1. The summed E-state index contributed by atoms with van der Waals surface area (Å²) in [4.78, 5) is 64.4. The van der Waals surface area contributed by atoms with Gasteiger partial charge < -0.3 is 37.9 Å². The Bertz CT molecular complexity index is 2300. The van der Waals surface area contributed by atoms with Crippen molar-refractivity contribution in [3.63, 3.8) is 0 Å². The molecule has 6 atom stereocenters. The summed E-state index contributed by atoms with van der Waals surface area (Å²) in [6, 6.07) is 27.3. The van der Waals surface area contributed by atoms with Crippen molar-refractivity contribution in [1.82, 2.24) is 14.2 Å². The molecule has 0 saturated carbocycles. The highest BCUT2D eigenvalue weighted by molar-refractivity contribution is 7.63. The van der Waals surface area contributed by atoms with Crippen LogP contribution in [0.3, 0.4) is 0 Å². The van der Waals surface area contributed by atoms with Gasteiger partial charge in [0.15, 0.2) is 12.3 Å². The number of ether oxygens (including phenoxy) is 8. The minimum atomic E-state index is -3.72. The van der Waals surface area contributed by atoms with Crippen LogP contribution in [-0.4, -0.2) is 115 Å². The van der Waals surface area contributed by atoms with Crippen molar-refractivity contribution in [3.8, 4) is 17.6 Å². The van der Waals surface area contributed by atoms with Gasteiger partial charge in [-0.3, -0.25) is 23.9 Å². The zero-order valence-electron chi connectivity index (χ0n) is 39.2. The lowest BCUT2D eigenvalue weighted by atomic mass is 9.80. The molecule has 19 heteroatoms. The Labute approximate surface area is 391 Å². The van der Waals surface area contributed by atoms with E-state index in [0.717, 1.165) is 21.3 Å². The Kier molecular flexibility index (Phi) is 19.2. The number of aromatic nitrogens is 2. The molecule has 0 amide bonds. The minimum absolute atomic E-state index is 0.0228. The van der Waals surface area contributed by atoms with Gasteiger partial charge in [-0.05, 0) is 68.7 Å². The summed E-state index contributed by atoms with van der Waals surface area (Å²) in [6.07, 6.45) is -4.35. The lowest BCUT2D eigenvalue weighted by molar-refractivity contribution is -0.160. The number of hydrogen-bond donors (Lipinski definition) is 2. The van der Waals surface area contributed by atoms with Crippen molar-refractivity contribution in [2.24, 2.45) is 0 Å². The minimum Gasteiger partial charge on any atom is -0.497 e. The second-order valence-electron chi connectivity index (χ2n) is 16.3. The topological polar surface area (TPSA) is 219 Å². The highest BCUT2D eigenvalue weighted by Gasteiger charge is 2.58. The predicted octanol–water partition coefficient (Wildman–Crippen LogP) is 5.88. The van der Waals surface area contributed by atoms with Crippen molar-refractivity contribution in [3.05, 3.63) is 129 Å². The quantitative estimate of drug-likeness (QED) is 0.0261. The smallest absolute Gasteiger partial charge is 0.347 e. The molecule has 0 bridgehead atoms. The first-order valence-electron chi connectivity index (χ1n) is 22.0. The predicted molar refractivity (Wildman–Crippen MR) is 247 cm³/mol. The molecule has 2 N–H and O–H groups in total. The number of nitrogens with one attached hydrogen (secondary N) is 1. The summed E-state index contributed by atoms with van der Waals surface area (Å²) in [6.45, 7) is 9.27. The van der Waals surface area contributed by atoms with E-state index < -0.39 is 74.1 Å². The van der Waals surface area contributed by atoms with Crippen LogP contribution in [0.15, 0.2) is 101 Å². The van der Waals surface area contributed by atoms with Crippen molar-refractivity contribution in [1.29, 1.82) is 5.26 Å². The van der Waals surface area contributed by atoms with E-state index >= 15 is 0 Å². The van der Waals surface area contributed by atoms with Gasteiger partial charge in [0.05, 0.1) is 39.9 Å². The number of H-pyrrole nitrogens is 1. The molecule has 3 aromatic carbocycles. The van der Waals surface area contributed by atoms with E-state index in [4.69, 9.17) is 42.4 Å².